The molecule has 0 saturated heterocycles. The molecule has 0 atom stereocenters. The number of hydrogen-bond donors (Lipinski definition) is 0. The highest BCUT2D eigenvalue weighted by molar-refractivity contribution is 6.04. The Bertz CT molecular complexity index is 754. The molecular formula is C21H22O5. The second kappa shape index (κ2) is 9.32. The quantitative estimate of drug-likeness (QED) is 0.670. The number of hydrogen-bond acceptors (Lipinski definition) is 5. The summed E-state index contributed by atoms with van der Waals surface area (Å²) in [5.41, 5.74) is 1.58. The molecule has 136 valence electrons. The fourth-order valence-electron chi connectivity index (χ4n) is 2.31. The number of methoxy groups -OCH3 is 4. The van der Waals surface area contributed by atoms with Crippen molar-refractivity contribution in [3.05, 3.63) is 59.7 Å². The molecule has 0 heterocycles. The van der Waals surface area contributed by atoms with Gasteiger partial charge in [-0.25, -0.2) is 0 Å². The monoisotopic (exact) mass is 354 g/mol. The molecule has 0 spiro atoms. The van der Waals surface area contributed by atoms with Crippen molar-refractivity contribution in [1.29, 1.82) is 0 Å². The van der Waals surface area contributed by atoms with Crippen molar-refractivity contribution in [3.8, 4) is 23.0 Å². The molecule has 0 amide bonds. The van der Waals surface area contributed by atoms with E-state index < -0.39 is 0 Å². The Labute approximate surface area is 153 Å². The number of benzene rings is 2. The third kappa shape index (κ3) is 4.89. The van der Waals surface area contributed by atoms with E-state index in [9.17, 15) is 4.79 Å². The Morgan fingerprint density at radius 2 is 1.12 bits per heavy atom. The molecular weight excluding hydrogens is 332 g/mol. The Balaban J connectivity index is 2.13. The number of ether oxygens (including phenoxy) is 4. The lowest BCUT2D eigenvalue weighted by Crippen LogP contribution is -1.91. The molecule has 0 bridgehead atoms. The fraction of sp³-hybridized carbons (Fsp3) is 0.190. The Morgan fingerprint density at radius 1 is 0.692 bits per heavy atom. The van der Waals surface area contributed by atoms with E-state index in [2.05, 4.69) is 0 Å². The second-order valence-corrected chi connectivity index (χ2v) is 5.28. The van der Waals surface area contributed by atoms with Crippen LogP contribution in [-0.2, 0) is 4.79 Å². The second-order valence-electron chi connectivity index (χ2n) is 5.28. The first-order valence-corrected chi connectivity index (χ1v) is 7.95. The highest BCUT2D eigenvalue weighted by Gasteiger charge is 2.04. The van der Waals surface area contributed by atoms with Gasteiger partial charge in [0.1, 0.15) is 23.0 Å². The van der Waals surface area contributed by atoms with Crippen LogP contribution < -0.4 is 18.9 Å². The van der Waals surface area contributed by atoms with Gasteiger partial charge in [0.2, 0.25) is 0 Å². The van der Waals surface area contributed by atoms with Gasteiger partial charge in [-0.2, -0.15) is 0 Å². The molecule has 0 fully saturated rings. The Kier molecular flexibility index (Phi) is 6.85. The number of ketones is 1. The van der Waals surface area contributed by atoms with E-state index in [-0.39, 0.29) is 5.78 Å². The van der Waals surface area contributed by atoms with E-state index in [0.717, 1.165) is 11.1 Å². The van der Waals surface area contributed by atoms with Gasteiger partial charge in [0, 0.05) is 23.3 Å². The average Bonchev–Trinajstić information content (AvgIpc) is 2.70. The summed E-state index contributed by atoms with van der Waals surface area (Å²) in [7, 11) is 6.33. The molecule has 0 radical (unpaired) electrons. The van der Waals surface area contributed by atoms with Crippen LogP contribution in [0.25, 0.3) is 12.2 Å². The normalized spacial score (nSPS) is 10.9. The van der Waals surface area contributed by atoms with E-state index in [1.807, 2.05) is 24.3 Å². The SMILES string of the molecule is COc1ccc(/C=C/C(=O)/C=C/c2ccc(OC)cc2OC)c(OC)c1. The molecule has 2 aromatic carbocycles. The molecule has 0 aliphatic carbocycles. The largest absolute Gasteiger partial charge is 0.497 e. The Morgan fingerprint density at radius 3 is 1.46 bits per heavy atom. The van der Waals surface area contributed by atoms with Crippen LogP contribution in [0.4, 0.5) is 0 Å². The van der Waals surface area contributed by atoms with E-state index in [1.54, 1.807) is 52.7 Å². The van der Waals surface area contributed by atoms with Crippen LogP contribution in [0.15, 0.2) is 48.6 Å². The third-order valence-corrected chi connectivity index (χ3v) is 3.74. The van der Waals surface area contributed by atoms with Crippen LogP contribution in [0, 0.1) is 0 Å². The predicted octanol–water partition coefficient (Wildman–Crippen LogP) is 4.02. The lowest BCUT2D eigenvalue weighted by molar-refractivity contribution is -0.110. The van der Waals surface area contributed by atoms with Crippen LogP contribution >= 0.6 is 0 Å². The minimum Gasteiger partial charge on any atom is -0.497 e. The van der Waals surface area contributed by atoms with Crippen molar-refractivity contribution >= 4 is 17.9 Å². The third-order valence-electron chi connectivity index (χ3n) is 3.74. The molecule has 5 heteroatoms. The van der Waals surface area contributed by atoms with Crippen molar-refractivity contribution in [3.63, 3.8) is 0 Å². The number of carbonyl (C=O) groups excluding carboxylic acids is 1. The smallest absolute Gasteiger partial charge is 0.178 e. The molecule has 26 heavy (non-hydrogen) atoms. The zero-order chi connectivity index (χ0) is 18.9. The van der Waals surface area contributed by atoms with Gasteiger partial charge in [0.05, 0.1) is 28.4 Å². The van der Waals surface area contributed by atoms with Crippen molar-refractivity contribution in [1.82, 2.24) is 0 Å². The summed E-state index contributed by atoms with van der Waals surface area (Å²) in [6, 6.07) is 10.8. The maximum absolute atomic E-state index is 12.1. The topological polar surface area (TPSA) is 54.0 Å². The van der Waals surface area contributed by atoms with Crippen LogP contribution in [0.1, 0.15) is 11.1 Å². The van der Waals surface area contributed by atoms with Crippen molar-refractivity contribution in [2.24, 2.45) is 0 Å². The lowest BCUT2D eigenvalue weighted by Gasteiger charge is -2.07. The molecule has 5 nitrogen and oxygen atoms in total. The van der Waals surface area contributed by atoms with Gasteiger partial charge in [0.15, 0.2) is 5.78 Å². The summed E-state index contributed by atoms with van der Waals surface area (Å²) in [6.07, 6.45) is 6.38. The molecule has 0 aliphatic rings. The zero-order valence-electron chi connectivity index (χ0n) is 15.3. The minimum atomic E-state index is -0.152. The van der Waals surface area contributed by atoms with Gasteiger partial charge in [-0.15, -0.1) is 0 Å². The number of carbonyl (C=O) groups is 1. The highest BCUT2D eigenvalue weighted by atomic mass is 16.5. The van der Waals surface area contributed by atoms with Crippen molar-refractivity contribution in [2.75, 3.05) is 28.4 Å². The molecule has 0 aromatic heterocycles. The molecule has 2 rings (SSSR count). The van der Waals surface area contributed by atoms with Gasteiger partial charge in [-0.05, 0) is 48.6 Å². The molecule has 0 unspecified atom stereocenters. The summed E-state index contributed by atoms with van der Waals surface area (Å²) in [5.74, 6) is 2.50. The summed E-state index contributed by atoms with van der Waals surface area (Å²) in [5, 5.41) is 0. The average molecular weight is 354 g/mol. The standard InChI is InChI=1S/C21H22O5/c1-23-18-11-7-15(20(13-18)25-3)5-9-17(22)10-6-16-8-12-19(24-2)14-21(16)26-4/h5-14H,1-4H3/b9-5+,10-6+. The molecule has 2 aromatic rings. The van der Waals surface area contributed by atoms with Crippen molar-refractivity contribution in [2.45, 2.75) is 0 Å². The van der Waals surface area contributed by atoms with E-state index in [4.69, 9.17) is 18.9 Å². The van der Waals surface area contributed by atoms with Crippen LogP contribution in [0.3, 0.4) is 0 Å². The molecule has 0 saturated carbocycles. The Hall–Kier alpha value is -3.21. The fourth-order valence-corrected chi connectivity index (χ4v) is 2.31. The van der Waals surface area contributed by atoms with E-state index in [0.29, 0.717) is 23.0 Å². The highest BCUT2D eigenvalue weighted by Crippen LogP contribution is 2.26. The predicted molar refractivity (Wildman–Crippen MR) is 102 cm³/mol. The summed E-state index contributed by atoms with van der Waals surface area (Å²) < 4.78 is 20.9. The van der Waals surface area contributed by atoms with Gasteiger partial charge < -0.3 is 18.9 Å². The first-order valence-electron chi connectivity index (χ1n) is 7.95. The first kappa shape index (κ1) is 19.1. The summed E-state index contributed by atoms with van der Waals surface area (Å²) in [4.78, 5) is 12.1. The van der Waals surface area contributed by atoms with E-state index in [1.165, 1.54) is 12.2 Å². The van der Waals surface area contributed by atoms with Crippen LogP contribution in [0.2, 0.25) is 0 Å². The van der Waals surface area contributed by atoms with E-state index >= 15 is 0 Å². The first-order chi connectivity index (χ1) is 12.6. The van der Waals surface area contributed by atoms with Crippen LogP contribution in [-0.4, -0.2) is 34.2 Å². The minimum absolute atomic E-state index is 0.152. The number of allylic oxidation sites excluding steroid dienone is 2. The maximum atomic E-state index is 12.1. The summed E-state index contributed by atoms with van der Waals surface area (Å²) >= 11 is 0. The van der Waals surface area contributed by atoms with Gasteiger partial charge in [0.25, 0.3) is 0 Å². The number of rotatable bonds is 8. The van der Waals surface area contributed by atoms with Gasteiger partial charge in [-0.1, -0.05) is 0 Å². The maximum Gasteiger partial charge on any atom is 0.178 e. The molecule has 0 aliphatic heterocycles. The zero-order valence-corrected chi connectivity index (χ0v) is 15.3. The van der Waals surface area contributed by atoms with Crippen molar-refractivity contribution < 1.29 is 23.7 Å². The van der Waals surface area contributed by atoms with Crippen LogP contribution in [0.5, 0.6) is 23.0 Å². The lowest BCUT2D eigenvalue weighted by atomic mass is 10.1. The van der Waals surface area contributed by atoms with Gasteiger partial charge in [-0.3, -0.25) is 4.79 Å². The van der Waals surface area contributed by atoms with Gasteiger partial charge >= 0.3 is 0 Å². The molecule has 0 N–H and O–H groups in total. The summed E-state index contributed by atoms with van der Waals surface area (Å²) in [6.45, 7) is 0.